The number of amides is 1. The zero-order chi connectivity index (χ0) is 20.1. The summed E-state index contributed by atoms with van der Waals surface area (Å²) in [7, 11) is -1.52. The van der Waals surface area contributed by atoms with E-state index in [-0.39, 0.29) is 11.7 Å². The molecular formula is C19H21N3O3S3. The third-order valence-corrected chi connectivity index (χ3v) is 7.48. The fraction of sp³-hybridized carbons (Fsp3) is 0.263. The summed E-state index contributed by atoms with van der Waals surface area (Å²) in [5, 5.41) is 0. The van der Waals surface area contributed by atoms with Crippen molar-refractivity contribution in [1.82, 2.24) is 9.88 Å². The highest BCUT2D eigenvalue weighted by molar-refractivity contribution is 8.01. The van der Waals surface area contributed by atoms with Gasteiger partial charge < -0.3 is 4.90 Å². The minimum absolute atomic E-state index is 0.0213. The number of thioether (sulfide) groups is 1. The maximum absolute atomic E-state index is 12.4. The van der Waals surface area contributed by atoms with Crippen LogP contribution in [0.2, 0.25) is 0 Å². The highest BCUT2D eigenvalue weighted by Crippen LogP contribution is 2.31. The molecule has 148 valence electrons. The van der Waals surface area contributed by atoms with Crippen molar-refractivity contribution in [2.24, 2.45) is 0 Å². The standard InChI is InChI=1S/C19H21N3O3S3/c1-3-28(24,25)21-15-9-10-16-17(11-15)27-19(20-16)26-13-18(23)22(2)12-14-7-5-4-6-8-14/h4-11,21H,3,12-13H2,1-2H3. The molecule has 0 spiro atoms. The lowest BCUT2D eigenvalue weighted by Gasteiger charge is -2.16. The molecule has 0 fully saturated rings. The third-order valence-electron chi connectivity index (χ3n) is 4.03. The summed E-state index contributed by atoms with van der Waals surface area (Å²) in [6, 6.07) is 15.1. The molecule has 9 heteroatoms. The van der Waals surface area contributed by atoms with E-state index in [2.05, 4.69) is 9.71 Å². The van der Waals surface area contributed by atoms with Gasteiger partial charge in [-0.3, -0.25) is 9.52 Å². The van der Waals surface area contributed by atoms with E-state index in [1.54, 1.807) is 37.1 Å². The Kier molecular flexibility index (Phi) is 6.58. The first-order chi connectivity index (χ1) is 13.4. The summed E-state index contributed by atoms with van der Waals surface area (Å²) in [5.41, 5.74) is 2.40. The van der Waals surface area contributed by atoms with Crippen molar-refractivity contribution in [3.63, 3.8) is 0 Å². The minimum Gasteiger partial charge on any atom is -0.341 e. The molecule has 0 saturated carbocycles. The average Bonchev–Trinajstić information content (AvgIpc) is 3.08. The van der Waals surface area contributed by atoms with Crippen molar-refractivity contribution in [2.45, 2.75) is 17.8 Å². The first-order valence-corrected chi connectivity index (χ1v) is 12.1. The van der Waals surface area contributed by atoms with Crippen LogP contribution < -0.4 is 4.72 Å². The summed E-state index contributed by atoms with van der Waals surface area (Å²) < 4.78 is 27.6. The maximum atomic E-state index is 12.4. The monoisotopic (exact) mass is 435 g/mol. The Labute approximate surface area is 173 Å². The SMILES string of the molecule is CCS(=O)(=O)Nc1ccc2nc(SCC(=O)N(C)Cc3ccccc3)sc2c1. The highest BCUT2D eigenvalue weighted by Gasteiger charge is 2.13. The van der Waals surface area contributed by atoms with Gasteiger partial charge in [0.15, 0.2) is 4.34 Å². The predicted octanol–water partition coefficient (Wildman–Crippen LogP) is 3.81. The number of benzene rings is 2. The molecule has 3 aromatic rings. The Balaban J connectivity index is 1.62. The predicted molar refractivity (Wildman–Crippen MR) is 116 cm³/mol. The maximum Gasteiger partial charge on any atom is 0.233 e. The lowest BCUT2D eigenvalue weighted by Crippen LogP contribution is -2.27. The van der Waals surface area contributed by atoms with Crippen LogP contribution in [0.4, 0.5) is 5.69 Å². The average molecular weight is 436 g/mol. The fourth-order valence-electron chi connectivity index (χ4n) is 2.46. The van der Waals surface area contributed by atoms with E-state index in [1.807, 2.05) is 30.3 Å². The lowest BCUT2D eigenvalue weighted by molar-refractivity contribution is -0.127. The van der Waals surface area contributed by atoms with Gasteiger partial charge in [-0.1, -0.05) is 42.1 Å². The van der Waals surface area contributed by atoms with Gasteiger partial charge in [0.05, 0.1) is 27.4 Å². The van der Waals surface area contributed by atoms with Crippen LogP contribution in [-0.4, -0.2) is 42.8 Å². The van der Waals surface area contributed by atoms with Gasteiger partial charge in [0, 0.05) is 13.6 Å². The lowest BCUT2D eigenvalue weighted by atomic mass is 10.2. The van der Waals surface area contributed by atoms with E-state index in [0.717, 1.165) is 20.1 Å². The summed E-state index contributed by atoms with van der Waals surface area (Å²) >= 11 is 2.84. The third kappa shape index (κ3) is 5.46. The van der Waals surface area contributed by atoms with Crippen LogP contribution in [0.1, 0.15) is 12.5 Å². The Morgan fingerprint density at radius 2 is 1.96 bits per heavy atom. The van der Waals surface area contributed by atoms with Crippen LogP contribution in [0, 0.1) is 0 Å². The largest absolute Gasteiger partial charge is 0.341 e. The van der Waals surface area contributed by atoms with E-state index in [9.17, 15) is 13.2 Å². The van der Waals surface area contributed by atoms with Gasteiger partial charge in [0.1, 0.15) is 0 Å². The van der Waals surface area contributed by atoms with Gasteiger partial charge in [0.2, 0.25) is 15.9 Å². The van der Waals surface area contributed by atoms with Crippen molar-refractivity contribution in [2.75, 3.05) is 23.3 Å². The number of nitrogens with one attached hydrogen (secondary N) is 1. The first kappa shape index (κ1) is 20.6. The summed E-state index contributed by atoms with van der Waals surface area (Å²) in [6.45, 7) is 2.16. The second-order valence-electron chi connectivity index (χ2n) is 6.19. The van der Waals surface area contributed by atoms with Gasteiger partial charge >= 0.3 is 0 Å². The fourth-order valence-corrected chi connectivity index (χ4v) is 5.14. The Hall–Kier alpha value is -2.10. The number of aromatic nitrogens is 1. The minimum atomic E-state index is -3.31. The molecule has 0 aliphatic carbocycles. The molecule has 1 heterocycles. The number of anilines is 1. The summed E-state index contributed by atoms with van der Waals surface area (Å²) in [5.74, 6) is 0.357. The van der Waals surface area contributed by atoms with Crippen LogP contribution in [-0.2, 0) is 21.4 Å². The number of hydrogen-bond donors (Lipinski definition) is 1. The molecule has 0 atom stereocenters. The molecule has 0 unspecified atom stereocenters. The Morgan fingerprint density at radius 1 is 1.21 bits per heavy atom. The zero-order valence-corrected chi connectivity index (χ0v) is 18.0. The van der Waals surface area contributed by atoms with E-state index in [4.69, 9.17) is 0 Å². The number of hydrogen-bond acceptors (Lipinski definition) is 6. The number of carbonyl (C=O) groups is 1. The number of rotatable bonds is 8. The number of fused-ring (bicyclic) bond motifs is 1. The number of carbonyl (C=O) groups excluding carboxylic acids is 1. The van der Waals surface area contributed by atoms with E-state index in [0.29, 0.717) is 18.0 Å². The van der Waals surface area contributed by atoms with Crippen LogP contribution in [0.25, 0.3) is 10.2 Å². The molecule has 28 heavy (non-hydrogen) atoms. The van der Waals surface area contributed by atoms with Gasteiger partial charge in [-0.25, -0.2) is 13.4 Å². The van der Waals surface area contributed by atoms with Crippen LogP contribution in [0.3, 0.4) is 0 Å². The Morgan fingerprint density at radius 3 is 2.68 bits per heavy atom. The molecule has 1 amide bonds. The quantitative estimate of drug-likeness (QED) is 0.544. The summed E-state index contributed by atoms with van der Waals surface area (Å²) in [4.78, 5) is 18.6. The molecule has 0 aliphatic heterocycles. The zero-order valence-electron chi connectivity index (χ0n) is 15.6. The van der Waals surface area contributed by atoms with Gasteiger partial charge in [0.25, 0.3) is 0 Å². The van der Waals surface area contributed by atoms with Crippen LogP contribution in [0.5, 0.6) is 0 Å². The molecule has 1 aromatic heterocycles. The van der Waals surface area contributed by atoms with Gasteiger partial charge in [-0.15, -0.1) is 11.3 Å². The number of nitrogens with zero attached hydrogens (tertiary/aromatic N) is 2. The number of sulfonamides is 1. The normalized spacial score (nSPS) is 11.5. The second kappa shape index (κ2) is 8.93. The van der Waals surface area contributed by atoms with Crippen molar-refractivity contribution in [1.29, 1.82) is 0 Å². The highest BCUT2D eigenvalue weighted by atomic mass is 32.2. The molecule has 1 N–H and O–H groups in total. The molecule has 0 radical (unpaired) electrons. The topological polar surface area (TPSA) is 79.4 Å². The van der Waals surface area contributed by atoms with Crippen molar-refractivity contribution in [3.05, 3.63) is 54.1 Å². The smallest absolute Gasteiger partial charge is 0.233 e. The van der Waals surface area contributed by atoms with Crippen LogP contribution >= 0.6 is 23.1 Å². The van der Waals surface area contributed by atoms with E-state index in [1.165, 1.54) is 23.1 Å². The Bertz CT molecular complexity index is 1070. The molecular weight excluding hydrogens is 414 g/mol. The molecule has 0 bridgehead atoms. The van der Waals surface area contributed by atoms with Crippen LogP contribution in [0.15, 0.2) is 52.9 Å². The van der Waals surface area contributed by atoms with Crippen molar-refractivity contribution in [3.8, 4) is 0 Å². The van der Waals surface area contributed by atoms with Crippen molar-refractivity contribution < 1.29 is 13.2 Å². The molecule has 3 rings (SSSR count). The summed E-state index contributed by atoms with van der Waals surface area (Å²) in [6.07, 6.45) is 0. The molecule has 2 aromatic carbocycles. The van der Waals surface area contributed by atoms with Gasteiger partial charge in [-0.2, -0.15) is 0 Å². The number of thiazole rings is 1. The first-order valence-electron chi connectivity index (χ1n) is 8.68. The molecule has 0 saturated heterocycles. The molecule has 6 nitrogen and oxygen atoms in total. The molecule has 0 aliphatic rings. The van der Waals surface area contributed by atoms with E-state index < -0.39 is 10.0 Å². The van der Waals surface area contributed by atoms with Crippen molar-refractivity contribution >= 4 is 54.9 Å². The second-order valence-corrected chi connectivity index (χ2v) is 10.5. The van der Waals surface area contributed by atoms with Gasteiger partial charge in [-0.05, 0) is 30.7 Å². The van der Waals surface area contributed by atoms with E-state index >= 15 is 0 Å².